The van der Waals surface area contributed by atoms with Crippen LogP contribution in [-0.2, 0) is 0 Å². The molecule has 0 rings (SSSR count). The standard InChI is InChI=1S/C15H29N/c1-8-10-16-13(4)11-15(6,7)14(5)12(3)9-2/h8,10,12-14H,1,9,11H2,2-7H3. The highest BCUT2D eigenvalue weighted by atomic mass is 14.8. The SMILES string of the molecule is C=CC=NC(C)CC(C)(C)C(C)C(C)CC. The van der Waals surface area contributed by atoms with Gasteiger partial charge in [0.1, 0.15) is 0 Å². The first kappa shape index (κ1) is 15.4. The van der Waals surface area contributed by atoms with Gasteiger partial charge in [-0.3, -0.25) is 4.99 Å². The van der Waals surface area contributed by atoms with Gasteiger partial charge >= 0.3 is 0 Å². The summed E-state index contributed by atoms with van der Waals surface area (Å²) in [5, 5.41) is 0. The van der Waals surface area contributed by atoms with E-state index in [1.807, 2.05) is 6.21 Å². The Morgan fingerprint density at radius 1 is 1.25 bits per heavy atom. The molecule has 3 atom stereocenters. The van der Waals surface area contributed by atoms with Crippen LogP contribution in [0.3, 0.4) is 0 Å². The first-order valence-corrected chi connectivity index (χ1v) is 6.49. The minimum Gasteiger partial charge on any atom is -0.290 e. The zero-order valence-corrected chi connectivity index (χ0v) is 12.0. The van der Waals surface area contributed by atoms with Crippen LogP contribution < -0.4 is 0 Å². The fourth-order valence-corrected chi connectivity index (χ4v) is 2.33. The molecule has 0 aromatic heterocycles. The summed E-state index contributed by atoms with van der Waals surface area (Å²) in [5.41, 5.74) is 0.355. The van der Waals surface area contributed by atoms with Crippen molar-refractivity contribution >= 4 is 6.21 Å². The van der Waals surface area contributed by atoms with E-state index in [4.69, 9.17) is 0 Å². The van der Waals surface area contributed by atoms with Crippen molar-refractivity contribution in [2.45, 2.75) is 60.4 Å². The van der Waals surface area contributed by atoms with E-state index >= 15 is 0 Å². The van der Waals surface area contributed by atoms with E-state index in [1.54, 1.807) is 6.08 Å². The predicted molar refractivity (Wildman–Crippen MR) is 75.2 cm³/mol. The Morgan fingerprint density at radius 3 is 2.25 bits per heavy atom. The molecule has 0 heterocycles. The molecule has 0 aromatic rings. The monoisotopic (exact) mass is 223 g/mol. The summed E-state index contributed by atoms with van der Waals surface area (Å²) < 4.78 is 0. The van der Waals surface area contributed by atoms with Gasteiger partial charge in [0.15, 0.2) is 0 Å². The van der Waals surface area contributed by atoms with Gasteiger partial charge in [-0.15, -0.1) is 0 Å². The lowest BCUT2D eigenvalue weighted by atomic mass is 9.69. The van der Waals surface area contributed by atoms with Crippen molar-refractivity contribution < 1.29 is 0 Å². The Hall–Kier alpha value is -0.590. The lowest BCUT2D eigenvalue weighted by Crippen LogP contribution is -2.29. The van der Waals surface area contributed by atoms with Gasteiger partial charge in [0.25, 0.3) is 0 Å². The molecule has 0 saturated heterocycles. The van der Waals surface area contributed by atoms with E-state index in [9.17, 15) is 0 Å². The highest BCUT2D eigenvalue weighted by Crippen LogP contribution is 2.38. The Kier molecular flexibility index (Phi) is 6.62. The fraction of sp³-hybridized carbons (Fsp3) is 0.800. The number of rotatable bonds is 7. The zero-order chi connectivity index (χ0) is 12.8. The van der Waals surface area contributed by atoms with E-state index in [0.717, 1.165) is 18.3 Å². The molecule has 0 aliphatic rings. The lowest BCUT2D eigenvalue weighted by Gasteiger charge is -2.37. The molecule has 0 saturated carbocycles. The molecule has 3 unspecified atom stereocenters. The van der Waals surface area contributed by atoms with Gasteiger partial charge in [0.05, 0.1) is 0 Å². The molecule has 0 N–H and O–H groups in total. The largest absolute Gasteiger partial charge is 0.290 e. The van der Waals surface area contributed by atoms with E-state index in [-0.39, 0.29) is 0 Å². The van der Waals surface area contributed by atoms with Crippen molar-refractivity contribution in [3.8, 4) is 0 Å². The van der Waals surface area contributed by atoms with Crippen LogP contribution in [0.1, 0.15) is 54.4 Å². The maximum Gasteiger partial charge on any atom is 0.0476 e. The maximum atomic E-state index is 4.45. The van der Waals surface area contributed by atoms with Crippen LogP contribution in [0, 0.1) is 17.3 Å². The molecule has 0 bridgehead atoms. The molecule has 0 amide bonds. The van der Waals surface area contributed by atoms with Crippen LogP contribution in [0.5, 0.6) is 0 Å². The number of allylic oxidation sites excluding steroid dienone is 1. The quantitative estimate of drug-likeness (QED) is 0.553. The number of nitrogens with zero attached hydrogens (tertiary/aromatic N) is 1. The number of hydrogen-bond donors (Lipinski definition) is 0. The van der Waals surface area contributed by atoms with Crippen LogP contribution in [0.25, 0.3) is 0 Å². The molecule has 0 spiro atoms. The highest BCUT2D eigenvalue weighted by molar-refractivity contribution is 5.70. The van der Waals surface area contributed by atoms with Gasteiger partial charge in [0, 0.05) is 12.3 Å². The topological polar surface area (TPSA) is 12.4 Å². The summed E-state index contributed by atoms with van der Waals surface area (Å²) in [6.07, 6.45) is 5.97. The molecular weight excluding hydrogens is 194 g/mol. The second-order valence-corrected chi connectivity index (χ2v) is 5.75. The smallest absolute Gasteiger partial charge is 0.0476 e. The molecule has 0 aliphatic heterocycles. The van der Waals surface area contributed by atoms with Crippen molar-refractivity contribution in [3.05, 3.63) is 12.7 Å². The predicted octanol–water partition coefficient (Wildman–Crippen LogP) is 4.73. The zero-order valence-electron chi connectivity index (χ0n) is 12.0. The second-order valence-electron chi connectivity index (χ2n) is 5.75. The number of hydrogen-bond acceptors (Lipinski definition) is 1. The first-order chi connectivity index (χ1) is 7.35. The lowest BCUT2D eigenvalue weighted by molar-refractivity contribution is 0.142. The van der Waals surface area contributed by atoms with Crippen molar-refractivity contribution in [1.29, 1.82) is 0 Å². The Bertz CT molecular complexity index is 228. The summed E-state index contributed by atoms with van der Waals surface area (Å²) in [6.45, 7) is 17.6. The van der Waals surface area contributed by atoms with Gasteiger partial charge in [-0.25, -0.2) is 0 Å². The summed E-state index contributed by atoms with van der Waals surface area (Å²) in [4.78, 5) is 4.45. The van der Waals surface area contributed by atoms with Gasteiger partial charge in [-0.05, 0) is 30.6 Å². The maximum absolute atomic E-state index is 4.45. The molecule has 0 fully saturated rings. The molecule has 16 heavy (non-hydrogen) atoms. The van der Waals surface area contributed by atoms with E-state index in [0.29, 0.717) is 11.5 Å². The van der Waals surface area contributed by atoms with Crippen LogP contribution in [0.4, 0.5) is 0 Å². The van der Waals surface area contributed by atoms with Gasteiger partial charge in [0.2, 0.25) is 0 Å². The fourth-order valence-electron chi connectivity index (χ4n) is 2.33. The van der Waals surface area contributed by atoms with E-state index in [1.165, 1.54) is 6.42 Å². The summed E-state index contributed by atoms with van der Waals surface area (Å²) in [6, 6.07) is 0.388. The van der Waals surface area contributed by atoms with Crippen molar-refractivity contribution in [3.63, 3.8) is 0 Å². The average molecular weight is 223 g/mol. The molecule has 94 valence electrons. The second kappa shape index (κ2) is 6.88. The number of aliphatic imine (C=N–C) groups is 1. The third kappa shape index (κ3) is 4.96. The molecular formula is C15H29N. The minimum absolute atomic E-state index is 0.355. The van der Waals surface area contributed by atoms with E-state index in [2.05, 4.69) is 53.1 Å². The van der Waals surface area contributed by atoms with Crippen molar-refractivity contribution in [2.75, 3.05) is 0 Å². The molecule has 0 aromatic carbocycles. The van der Waals surface area contributed by atoms with Crippen LogP contribution in [-0.4, -0.2) is 12.3 Å². The van der Waals surface area contributed by atoms with Gasteiger partial charge in [-0.1, -0.05) is 53.7 Å². The normalized spacial score (nSPS) is 18.4. The Morgan fingerprint density at radius 2 is 1.81 bits per heavy atom. The first-order valence-electron chi connectivity index (χ1n) is 6.49. The molecule has 0 aliphatic carbocycles. The molecule has 1 nitrogen and oxygen atoms in total. The summed E-state index contributed by atoms with van der Waals surface area (Å²) >= 11 is 0. The van der Waals surface area contributed by atoms with Crippen LogP contribution >= 0.6 is 0 Å². The highest BCUT2D eigenvalue weighted by Gasteiger charge is 2.30. The third-order valence-electron chi connectivity index (χ3n) is 4.00. The van der Waals surface area contributed by atoms with Crippen molar-refractivity contribution in [1.82, 2.24) is 0 Å². The third-order valence-corrected chi connectivity index (χ3v) is 4.00. The average Bonchev–Trinajstić information content (AvgIpc) is 2.23. The van der Waals surface area contributed by atoms with E-state index < -0.39 is 0 Å². The molecule has 1 heteroatoms. The van der Waals surface area contributed by atoms with Gasteiger partial charge in [-0.2, -0.15) is 0 Å². The molecule has 0 radical (unpaired) electrons. The van der Waals surface area contributed by atoms with Crippen molar-refractivity contribution in [2.24, 2.45) is 22.2 Å². The Balaban J connectivity index is 4.42. The summed E-state index contributed by atoms with van der Waals surface area (Å²) in [5.74, 6) is 1.52. The van der Waals surface area contributed by atoms with Crippen LogP contribution in [0.2, 0.25) is 0 Å². The van der Waals surface area contributed by atoms with Gasteiger partial charge < -0.3 is 0 Å². The summed E-state index contributed by atoms with van der Waals surface area (Å²) in [7, 11) is 0. The Labute approximate surface area is 102 Å². The van der Waals surface area contributed by atoms with Crippen LogP contribution in [0.15, 0.2) is 17.6 Å². The minimum atomic E-state index is 0.355.